The Morgan fingerprint density at radius 2 is 2.00 bits per heavy atom. The summed E-state index contributed by atoms with van der Waals surface area (Å²) in [4.78, 5) is 16.2. The fraction of sp³-hybridized carbons (Fsp3) is 0.700. The predicted octanol–water partition coefficient (Wildman–Crippen LogP) is 3.17. The predicted molar refractivity (Wildman–Crippen MR) is 105 cm³/mol. The molecular weight excluding hydrogens is 346 g/mol. The average molecular weight is 380 g/mol. The number of rotatable bonds is 8. The minimum absolute atomic E-state index is 0.344. The fourth-order valence-electron chi connectivity index (χ4n) is 3.24. The maximum atomic E-state index is 11.7. The van der Waals surface area contributed by atoms with Gasteiger partial charge in [0.25, 0.3) is 0 Å². The molecule has 0 spiro atoms. The molecule has 0 aliphatic heterocycles. The summed E-state index contributed by atoms with van der Waals surface area (Å²) in [5.74, 6) is 1.48. The van der Waals surface area contributed by atoms with Crippen LogP contribution in [0.25, 0.3) is 0 Å². The van der Waals surface area contributed by atoms with Crippen molar-refractivity contribution in [2.24, 2.45) is 4.99 Å². The number of methoxy groups -OCH3 is 1. The Balaban J connectivity index is 1.80. The number of carbonyl (C=O) groups is 1. The van der Waals surface area contributed by atoms with Crippen molar-refractivity contribution < 1.29 is 18.7 Å². The van der Waals surface area contributed by atoms with E-state index in [9.17, 15) is 4.79 Å². The van der Waals surface area contributed by atoms with Crippen LogP contribution in [0.4, 0.5) is 0 Å². The standard InChI is InChI=1S/C20H33N3O4/c1-4-21-20(22-11-12-26-16-9-7-5-6-8-10-16)23-14-17-13-18(15(2)27-17)19(24)25-3/h13,16H,4-12,14H2,1-3H3,(H2,21,22,23). The maximum Gasteiger partial charge on any atom is 0.341 e. The molecule has 0 amide bonds. The van der Waals surface area contributed by atoms with Gasteiger partial charge in [-0.1, -0.05) is 25.7 Å². The quantitative estimate of drug-likeness (QED) is 0.237. The molecule has 1 heterocycles. The normalized spacial score (nSPS) is 16.0. The van der Waals surface area contributed by atoms with E-state index < -0.39 is 5.97 Å². The van der Waals surface area contributed by atoms with Gasteiger partial charge in [-0.05, 0) is 32.8 Å². The lowest BCUT2D eigenvalue weighted by atomic mass is 10.1. The van der Waals surface area contributed by atoms with Crippen molar-refractivity contribution in [2.75, 3.05) is 26.8 Å². The van der Waals surface area contributed by atoms with Crippen molar-refractivity contribution in [3.63, 3.8) is 0 Å². The van der Waals surface area contributed by atoms with Crippen LogP contribution in [-0.2, 0) is 16.0 Å². The van der Waals surface area contributed by atoms with Crippen molar-refractivity contribution in [1.29, 1.82) is 0 Å². The second-order valence-corrected chi connectivity index (χ2v) is 6.78. The summed E-state index contributed by atoms with van der Waals surface area (Å²) < 4.78 is 16.3. The monoisotopic (exact) mass is 379 g/mol. The van der Waals surface area contributed by atoms with Gasteiger partial charge in [0.05, 0.1) is 19.8 Å². The van der Waals surface area contributed by atoms with Gasteiger partial charge in [-0.3, -0.25) is 0 Å². The third kappa shape index (κ3) is 7.25. The second-order valence-electron chi connectivity index (χ2n) is 6.78. The molecule has 1 aliphatic rings. The number of hydrogen-bond donors (Lipinski definition) is 2. The molecule has 1 saturated carbocycles. The number of aryl methyl sites for hydroxylation is 1. The molecule has 1 aromatic rings. The van der Waals surface area contributed by atoms with Gasteiger partial charge in [0.2, 0.25) is 0 Å². The van der Waals surface area contributed by atoms with Crippen molar-refractivity contribution in [3.05, 3.63) is 23.2 Å². The molecule has 27 heavy (non-hydrogen) atoms. The van der Waals surface area contributed by atoms with E-state index in [1.165, 1.54) is 45.6 Å². The Morgan fingerprint density at radius 3 is 2.67 bits per heavy atom. The lowest BCUT2D eigenvalue weighted by molar-refractivity contribution is 0.0468. The van der Waals surface area contributed by atoms with Gasteiger partial charge >= 0.3 is 5.97 Å². The van der Waals surface area contributed by atoms with E-state index in [0.29, 0.717) is 48.8 Å². The van der Waals surface area contributed by atoms with Gasteiger partial charge in [0, 0.05) is 13.1 Å². The summed E-state index contributed by atoms with van der Waals surface area (Å²) in [5, 5.41) is 6.49. The molecule has 152 valence electrons. The summed E-state index contributed by atoms with van der Waals surface area (Å²) in [7, 11) is 1.36. The van der Waals surface area contributed by atoms with Gasteiger partial charge in [0.1, 0.15) is 23.6 Å². The number of esters is 1. The highest BCUT2D eigenvalue weighted by atomic mass is 16.5. The smallest absolute Gasteiger partial charge is 0.341 e. The highest BCUT2D eigenvalue weighted by molar-refractivity contribution is 5.90. The molecule has 1 fully saturated rings. The first kappa shape index (κ1) is 21.3. The average Bonchev–Trinajstić information content (AvgIpc) is 2.86. The lowest BCUT2D eigenvalue weighted by Gasteiger charge is -2.16. The van der Waals surface area contributed by atoms with Gasteiger partial charge < -0.3 is 24.5 Å². The molecule has 0 aromatic carbocycles. The number of ether oxygens (including phenoxy) is 2. The number of guanidine groups is 1. The van der Waals surface area contributed by atoms with Crippen LogP contribution in [0, 0.1) is 6.92 Å². The van der Waals surface area contributed by atoms with E-state index in [1.54, 1.807) is 13.0 Å². The Bertz CT molecular complexity index is 604. The summed E-state index contributed by atoms with van der Waals surface area (Å²) >= 11 is 0. The van der Waals surface area contributed by atoms with Gasteiger partial charge in [-0.15, -0.1) is 0 Å². The zero-order chi connectivity index (χ0) is 19.5. The van der Waals surface area contributed by atoms with Crippen LogP contribution in [0.3, 0.4) is 0 Å². The van der Waals surface area contributed by atoms with Gasteiger partial charge in [0.15, 0.2) is 5.96 Å². The molecular formula is C20H33N3O4. The van der Waals surface area contributed by atoms with Crippen LogP contribution in [-0.4, -0.2) is 44.8 Å². The Morgan fingerprint density at radius 1 is 1.26 bits per heavy atom. The van der Waals surface area contributed by atoms with Crippen molar-refractivity contribution in [1.82, 2.24) is 10.6 Å². The second kappa shape index (κ2) is 11.6. The zero-order valence-electron chi connectivity index (χ0n) is 16.8. The van der Waals surface area contributed by atoms with E-state index in [-0.39, 0.29) is 0 Å². The molecule has 0 bridgehead atoms. The number of carbonyl (C=O) groups excluding carboxylic acids is 1. The maximum absolute atomic E-state index is 11.7. The van der Waals surface area contributed by atoms with Crippen molar-refractivity contribution in [3.8, 4) is 0 Å². The Kier molecular flexibility index (Phi) is 9.18. The van der Waals surface area contributed by atoms with E-state index in [4.69, 9.17) is 13.9 Å². The number of nitrogens with zero attached hydrogens (tertiary/aromatic N) is 1. The molecule has 0 radical (unpaired) electrons. The highest BCUT2D eigenvalue weighted by Crippen LogP contribution is 2.19. The summed E-state index contributed by atoms with van der Waals surface area (Å²) in [6.07, 6.45) is 7.97. The highest BCUT2D eigenvalue weighted by Gasteiger charge is 2.15. The minimum Gasteiger partial charge on any atom is -0.465 e. The molecule has 7 nitrogen and oxygen atoms in total. The number of hydrogen-bond acceptors (Lipinski definition) is 5. The molecule has 1 aromatic heterocycles. The molecule has 2 N–H and O–H groups in total. The Labute approximate surface area is 161 Å². The lowest BCUT2D eigenvalue weighted by Crippen LogP contribution is -2.39. The summed E-state index contributed by atoms with van der Waals surface area (Å²) in [5.41, 5.74) is 0.442. The molecule has 0 saturated heterocycles. The van der Waals surface area contributed by atoms with Crippen LogP contribution in [0.1, 0.15) is 67.3 Å². The molecule has 0 atom stereocenters. The van der Waals surface area contributed by atoms with Crippen LogP contribution < -0.4 is 10.6 Å². The molecule has 7 heteroatoms. The van der Waals surface area contributed by atoms with Gasteiger partial charge in [-0.25, -0.2) is 9.79 Å². The topological polar surface area (TPSA) is 85.1 Å². The van der Waals surface area contributed by atoms with E-state index in [1.807, 2.05) is 6.92 Å². The first-order valence-electron chi connectivity index (χ1n) is 9.95. The SMILES string of the molecule is CCNC(=NCc1cc(C(=O)OC)c(C)o1)NCCOC1CCCCCC1. The van der Waals surface area contributed by atoms with Crippen LogP contribution >= 0.6 is 0 Å². The van der Waals surface area contributed by atoms with Crippen LogP contribution in [0.15, 0.2) is 15.5 Å². The van der Waals surface area contributed by atoms with Crippen molar-refractivity contribution in [2.45, 2.75) is 65.0 Å². The van der Waals surface area contributed by atoms with E-state index in [0.717, 1.165) is 6.54 Å². The van der Waals surface area contributed by atoms with Crippen LogP contribution in [0.5, 0.6) is 0 Å². The minimum atomic E-state index is -0.396. The zero-order valence-corrected chi connectivity index (χ0v) is 16.8. The number of furan rings is 1. The first-order chi connectivity index (χ1) is 13.1. The van der Waals surface area contributed by atoms with Crippen LogP contribution in [0.2, 0.25) is 0 Å². The summed E-state index contributed by atoms with van der Waals surface area (Å²) in [6.45, 7) is 6.24. The van der Waals surface area contributed by atoms with E-state index >= 15 is 0 Å². The Hall–Kier alpha value is -2.02. The molecule has 2 rings (SSSR count). The van der Waals surface area contributed by atoms with Crippen molar-refractivity contribution >= 4 is 11.9 Å². The largest absolute Gasteiger partial charge is 0.465 e. The fourth-order valence-corrected chi connectivity index (χ4v) is 3.24. The number of aliphatic imine (C=N–C) groups is 1. The third-order valence-corrected chi connectivity index (χ3v) is 4.66. The first-order valence-corrected chi connectivity index (χ1v) is 9.95. The number of nitrogens with one attached hydrogen (secondary N) is 2. The van der Waals surface area contributed by atoms with Gasteiger partial charge in [-0.2, -0.15) is 0 Å². The summed E-state index contributed by atoms with van der Waals surface area (Å²) in [6, 6.07) is 1.68. The third-order valence-electron chi connectivity index (χ3n) is 4.66. The molecule has 0 unspecified atom stereocenters. The van der Waals surface area contributed by atoms with E-state index in [2.05, 4.69) is 15.6 Å². The molecule has 1 aliphatic carbocycles.